The molecule has 1 N–H and O–H groups in total. The van der Waals surface area contributed by atoms with Crippen molar-refractivity contribution >= 4 is 23.2 Å². The Labute approximate surface area is 134 Å². The number of carbonyl (C=O) groups excluding carboxylic acids is 1. The summed E-state index contributed by atoms with van der Waals surface area (Å²) in [6.45, 7) is 2.75. The number of fused-ring (bicyclic) bond motifs is 1. The van der Waals surface area contributed by atoms with Crippen LogP contribution in [0.5, 0.6) is 0 Å². The van der Waals surface area contributed by atoms with Crippen molar-refractivity contribution in [3.05, 3.63) is 27.8 Å². The smallest absolute Gasteiger partial charge is 0.322 e. The highest BCUT2D eigenvalue weighted by Gasteiger charge is 2.26. The van der Waals surface area contributed by atoms with E-state index in [9.17, 15) is 4.79 Å². The molecule has 7 heteroatoms. The van der Waals surface area contributed by atoms with Crippen LogP contribution in [-0.4, -0.2) is 39.3 Å². The van der Waals surface area contributed by atoms with Crippen LogP contribution in [0.4, 0.5) is 10.6 Å². The summed E-state index contributed by atoms with van der Waals surface area (Å²) in [5.74, 6) is 1.04. The van der Waals surface area contributed by atoms with E-state index in [1.54, 1.807) is 40.2 Å². The number of likely N-dealkylation sites (N-methyl/N-ethyl adjacent to an activating group) is 1. The second kappa shape index (κ2) is 6.08. The summed E-state index contributed by atoms with van der Waals surface area (Å²) >= 11 is 1.79. The Morgan fingerprint density at radius 1 is 1.59 bits per heavy atom. The van der Waals surface area contributed by atoms with E-state index in [1.165, 1.54) is 17.0 Å². The summed E-state index contributed by atoms with van der Waals surface area (Å²) in [4.78, 5) is 20.1. The topological polar surface area (TPSA) is 63.1 Å². The van der Waals surface area contributed by atoms with Gasteiger partial charge in [0.2, 0.25) is 0 Å². The maximum atomic E-state index is 12.3. The van der Waals surface area contributed by atoms with Gasteiger partial charge in [-0.2, -0.15) is 5.10 Å². The fourth-order valence-electron chi connectivity index (χ4n) is 2.92. The zero-order valence-electron chi connectivity index (χ0n) is 13.2. The summed E-state index contributed by atoms with van der Waals surface area (Å²) in [6.07, 6.45) is 5.07. The van der Waals surface area contributed by atoms with Crippen molar-refractivity contribution in [3.63, 3.8) is 0 Å². The summed E-state index contributed by atoms with van der Waals surface area (Å²) in [5, 5.41) is 8.05. The third kappa shape index (κ3) is 2.99. The highest BCUT2D eigenvalue weighted by molar-refractivity contribution is 7.11. The molecule has 1 atom stereocenters. The van der Waals surface area contributed by atoms with Gasteiger partial charge in [0.1, 0.15) is 5.82 Å². The van der Waals surface area contributed by atoms with Crippen molar-refractivity contribution in [1.29, 1.82) is 0 Å². The number of thiazole rings is 1. The zero-order chi connectivity index (χ0) is 15.7. The van der Waals surface area contributed by atoms with E-state index in [-0.39, 0.29) is 6.03 Å². The molecular weight excluding hydrogens is 298 g/mol. The molecule has 0 saturated heterocycles. The minimum atomic E-state index is -0.109. The lowest BCUT2D eigenvalue weighted by Gasteiger charge is -2.26. The van der Waals surface area contributed by atoms with Crippen LogP contribution >= 0.6 is 11.3 Å². The normalized spacial score (nSPS) is 17.1. The van der Waals surface area contributed by atoms with Crippen LogP contribution in [0.1, 0.15) is 34.3 Å². The molecule has 3 rings (SSSR count). The molecular formula is C15H21N5OS. The van der Waals surface area contributed by atoms with Crippen LogP contribution in [0.3, 0.4) is 0 Å². The van der Waals surface area contributed by atoms with E-state index >= 15 is 0 Å². The third-order valence-electron chi connectivity index (χ3n) is 4.07. The zero-order valence-corrected chi connectivity index (χ0v) is 14.0. The molecule has 2 aromatic rings. The summed E-state index contributed by atoms with van der Waals surface area (Å²) in [7, 11) is 3.64. The van der Waals surface area contributed by atoms with Crippen molar-refractivity contribution in [3.8, 4) is 0 Å². The summed E-state index contributed by atoms with van der Waals surface area (Å²) < 4.78 is 1.65. The first-order chi connectivity index (χ1) is 10.5. The van der Waals surface area contributed by atoms with E-state index in [0.29, 0.717) is 18.3 Å². The van der Waals surface area contributed by atoms with Gasteiger partial charge in [-0.1, -0.05) is 0 Å². The Balaban J connectivity index is 1.66. The molecule has 0 fully saturated rings. The van der Waals surface area contributed by atoms with E-state index in [2.05, 4.69) is 22.3 Å². The SMILES string of the molecule is Cc1nc2c(s1)CCC[C@@H]2CN(C)C(=O)Nc1ccnn1C. The molecule has 1 aliphatic carbocycles. The Morgan fingerprint density at radius 3 is 3.14 bits per heavy atom. The Hall–Kier alpha value is -1.89. The third-order valence-corrected chi connectivity index (χ3v) is 5.12. The van der Waals surface area contributed by atoms with E-state index in [1.807, 2.05) is 7.05 Å². The van der Waals surface area contributed by atoms with E-state index < -0.39 is 0 Å². The first-order valence-corrected chi connectivity index (χ1v) is 8.32. The largest absolute Gasteiger partial charge is 0.327 e. The van der Waals surface area contributed by atoms with Gasteiger partial charge in [-0.15, -0.1) is 11.3 Å². The highest BCUT2D eigenvalue weighted by atomic mass is 32.1. The molecule has 2 heterocycles. The van der Waals surface area contributed by atoms with Crippen LogP contribution in [0.2, 0.25) is 0 Å². The molecule has 2 amide bonds. The average molecular weight is 319 g/mol. The second-order valence-electron chi connectivity index (χ2n) is 5.78. The van der Waals surface area contributed by atoms with Gasteiger partial charge in [0.15, 0.2) is 0 Å². The van der Waals surface area contributed by atoms with Crippen LogP contribution in [0.25, 0.3) is 0 Å². The van der Waals surface area contributed by atoms with Crippen LogP contribution < -0.4 is 5.32 Å². The molecule has 0 bridgehead atoms. The molecule has 22 heavy (non-hydrogen) atoms. The summed E-state index contributed by atoms with van der Waals surface area (Å²) in [5.41, 5.74) is 1.20. The predicted octanol–water partition coefficient (Wildman–Crippen LogP) is 2.77. The maximum absolute atomic E-state index is 12.3. The quantitative estimate of drug-likeness (QED) is 0.946. The van der Waals surface area contributed by atoms with Gasteiger partial charge in [-0.05, 0) is 26.2 Å². The second-order valence-corrected chi connectivity index (χ2v) is 7.07. The lowest BCUT2D eigenvalue weighted by Crippen LogP contribution is -2.36. The maximum Gasteiger partial charge on any atom is 0.322 e. The van der Waals surface area contributed by atoms with Crippen molar-refractivity contribution in [1.82, 2.24) is 19.7 Å². The molecule has 118 valence electrons. The van der Waals surface area contributed by atoms with Crippen LogP contribution in [-0.2, 0) is 13.5 Å². The first kappa shape index (κ1) is 15.0. The van der Waals surface area contributed by atoms with Gasteiger partial charge in [-0.25, -0.2) is 9.78 Å². The van der Waals surface area contributed by atoms with E-state index in [0.717, 1.165) is 17.8 Å². The molecule has 0 aliphatic heterocycles. The molecule has 6 nitrogen and oxygen atoms in total. The fraction of sp³-hybridized carbons (Fsp3) is 0.533. The number of nitrogens with one attached hydrogen (secondary N) is 1. The molecule has 0 spiro atoms. The lowest BCUT2D eigenvalue weighted by molar-refractivity contribution is 0.217. The van der Waals surface area contributed by atoms with Gasteiger partial charge in [0.05, 0.1) is 16.9 Å². The lowest BCUT2D eigenvalue weighted by atomic mass is 9.91. The molecule has 0 saturated carbocycles. The van der Waals surface area contributed by atoms with Crippen molar-refractivity contribution in [2.75, 3.05) is 18.9 Å². The van der Waals surface area contributed by atoms with Gasteiger partial charge < -0.3 is 4.90 Å². The number of hydrogen-bond donors (Lipinski definition) is 1. The van der Waals surface area contributed by atoms with Crippen LogP contribution in [0, 0.1) is 6.92 Å². The first-order valence-electron chi connectivity index (χ1n) is 7.51. The minimum absolute atomic E-state index is 0.109. The molecule has 0 unspecified atom stereocenters. The molecule has 1 aliphatic rings. The van der Waals surface area contributed by atoms with Crippen LogP contribution in [0.15, 0.2) is 12.3 Å². The van der Waals surface area contributed by atoms with Crippen molar-refractivity contribution in [2.24, 2.45) is 7.05 Å². The van der Waals surface area contributed by atoms with Crippen molar-refractivity contribution < 1.29 is 4.79 Å². The molecule has 2 aromatic heterocycles. The Kier molecular flexibility index (Phi) is 4.15. The number of nitrogens with zero attached hydrogens (tertiary/aromatic N) is 4. The minimum Gasteiger partial charge on any atom is -0.327 e. The summed E-state index contributed by atoms with van der Waals surface area (Å²) in [6, 6.07) is 1.68. The Bertz CT molecular complexity index is 677. The number of carbonyl (C=O) groups is 1. The molecule has 0 radical (unpaired) electrons. The number of rotatable bonds is 3. The van der Waals surface area contributed by atoms with Gasteiger partial charge in [0, 0.05) is 37.5 Å². The standard InChI is InChI=1S/C15H21N5OS/c1-10-17-14-11(5-4-6-12(14)22-10)9-19(2)15(21)18-13-7-8-16-20(13)3/h7-8,11H,4-6,9H2,1-3H3,(H,18,21)/t11-/m1/s1. The number of urea groups is 1. The average Bonchev–Trinajstić information content (AvgIpc) is 3.05. The number of hydrogen-bond acceptors (Lipinski definition) is 4. The van der Waals surface area contributed by atoms with Gasteiger partial charge in [0.25, 0.3) is 0 Å². The number of aromatic nitrogens is 3. The van der Waals surface area contributed by atoms with Gasteiger partial charge in [-0.3, -0.25) is 10.00 Å². The van der Waals surface area contributed by atoms with Crippen molar-refractivity contribution in [2.45, 2.75) is 32.1 Å². The number of anilines is 1. The molecule has 0 aromatic carbocycles. The fourth-order valence-corrected chi connectivity index (χ4v) is 3.99. The number of amides is 2. The number of aryl methyl sites for hydroxylation is 3. The monoisotopic (exact) mass is 319 g/mol. The van der Waals surface area contributed by atoms with E-state index in [4.69, 9.17) is 0 Å². The van der Waals surface area contributed by atoms with Gasteiger partial charge >= 0.3 is 6.03 Å². The highest BCUT2D eigenvalue weighted by Crippen LogP contribution is 2.34. The predicted molar refractivity (Wildman–Crippen MR) is 87.4 cm³/mol. The Morgan fingerprint density at radius 2 is 2.41 bits per heavy atom.